The summed E-state index contributed by atoms with van der Waals surface area (Å²) < 4.78 is 16.7. The van der Waals surface area contributed by atoms with Crippen molar-refractivity contribution in [1.29, 1.82) is 0 Å². The van der Waals surface area contributed by atoms with Crippen LogP contribution in [-0.4, -0.2) is 47.5 Å². The summed E-state index contributed by atoms with van der Waals surface area (Å²) >= 11 is 1.40. The number of benzene rings is 1. The molecule has 2 atom stereocenters. The smallest absolute Gasteiger partial charge is 0.338 e. The number of carbonyl (C=O) groups is 2. The van der Waals surface area contributed by atoms with Crippen molar-refractivity contribution in [3.63, 3.8) is 0 Å². The molecule has 1 aromatic carbocycles. The number of ether oxygens (including phenoxy) is 3. The van der Waals surface area contributed by atoms with E-state index in [1.54, 1.807) is 25.9 Å². The molecule has 8 heteroatoms. The summed E-state index contributed by atoms with van der Waals surface area (Å²) in [6.07, 6.45) is 1.98. The van der Waals surface area contributed by atoms with Gasteiger partial charge in [0.05, 0.1) is 42.9 Å². The number of allylic oxidation sites excluding steroid dienone is 1. The van der Waals surface area contributed by atoms with Gasteiger partial charge in [-0.05, 0) is 44.9 Å². The van der Waals surface area contributed by atoms with Crippen LogP contribution in [0.4, 0.5) is 0 Å². The molecule has 1 amide bonds. The molecule has 0 radical (unpaired) electrons. The van der Waals surface area contributed by atoms with E-state index in [0.717, 1.165) is 18.4 Å². The van der Waals surface area contributed by atoms with E-state index >= 15 is 0 Å². The topological polar surface area (TPSA) is 77.4 Å². The number of hydrogen-bond acceptors (Lipinski definition) is 7. The SMILES string of the molecule is CCCCOc1ccc(C2C(C(=O)OCC)=C(C)N=C3SC(C)C(=O)N32)cc1OC. The fourth-order valence-corrected chi connectivity index (χ4v) is 4.52. The van der Waals surface area contributed by atoms with E-state index in [1.807, 2.05) is 25.1 Å². The third kappa shape index (κ3) is 4.19. The van der Waals surface area contributed by atoms with Crippen molar-refractivity contribution in [3.05, 3.63) is 35.0 Å². The van der Waals surface area contributed by atoms with Crippen molar-refractivity contribution in [2.24, 2.45) is 4.99 Å². The summed E-state index contributed by atoms with van der Waals surface area (Å²) in [6, 6.07) is 4.89. The third-order valence-corrected chi connectivity index (χ3v) is 6.07. The Morgan fingerprint density at radius 3 is 2.70 bits per heavy atom. The van der Waals surface area contributed by atoms with Gasteiger partial charge in [0, 0.05) is 0 Å². The van der Waals surface area contributed by atoms with E-state index in [2.05, 4.69) is 11.9 Å². The Balaban J connectivity index is 2.06. The summed E-state index contributed by atoms with van der Waals surface area (Å²) in [5, 5.41) is 0.337. The lowest BCUT2D eigenvalue weighted by molar-refractivity contribution is -0.139. The zero-order chi connectivity index (χ0) is 21.8. The Kier molecular flexibility index (Phi) is 7.07. The number of methoxy groups -OCH3 is 1. The number of unbranched alkanes of at least 4 members (excludes halogenated alkanes) is 1. The van der Waals surface area contributed by atoms with Gasteiger partial charge in [-0.2, -0.15) is 0 Å². The predicted octanol–water partition coefficient (Wildman–Crippen LogP) is 4.09. The van der Waals surface area contributed by atoms with Crippen LogP contribution in [0.1, 0.15) is 52.1 Å². The van der Waals surface area contributed by atoms with E-state index in [9.17, 15) is 9.59 Å². The van der Waals surface area contributed by atoms with Crippen LogP contribution in [0.15, 0.2) is 34.5 Å². The average molecular weight is 433 g/mol. The predicted molar refractivity (Wildman–Crippen MR) is 117 cm³/mol. The van der Waals surface area contributed by atoms with Gasteiger partial charge in [-0.1, -0.05) is 31.2 Å². The van der Waals surface area contributed by atoms with Crippen molar-refractivity contribution >= 4 is 28.8 Å². The van der Waals surface area contributed by atoms with Gasteiger partial charge >= 0.3 is 5.97 Å². The molecule has 2 unspecified atom stereocenters. The highest BCUT2D eigenvalue weighted by molar-refractivity contribution is 8.15. The highest BCUT2D eigenvalue weighted by Gasteiger charge is 2.46. The number of amidine groups is 1. The van der Waals surface area contributed by atoms with Gasteiger partial charge in [0.2, 0.25) is 5.91 Å². The van der Waals surface area contributed by atoms with Crippen molar-refractivity contribution in [2.75, 3.05) is 20.3 Å². The van der Waals surface area contributed by atoms with Crippen LogP contribution in [-0.2, 0) is 14.3 Å². The summed E-state index contributed by atoms with van der Waals surface area (Å²) in [7, 11) is 1.58. The Labute approximate surface area is 181 Å². The lowest BCUT2D eigenvalue weighted by Gasteiger charge is -2.33. The quantitative estimate of drug-likeness (QED) is 0.455. The van der Waals surface area contributed by atoms with Gasteiger partial charge in [0.1, 0.15) is 0 Å². The number of esters is 1. The van der Waals surface area contributed by atoms with Crippen LogP contribution in [0.5, 0.6) is 11.5 Å². The molecule has 1 saturated heterocycles. The molecule has 0 spiro atoms. The van der Waals surface area contributed by atoms with Gasteiger partial charge in [-0.25, -0.2) is 9.79 Å². The lowest BCUT2D eigenvalue weighted by Crippen LogP contribution is -2.40. The van der Waals surface area contributed by atoms with E-state index in [4.69, 9.17) is 14.2 Å². The van der Waals surface area contributed by atoms with E-state index in [1.165, 1.54) is 11.8 Å². The van der Waals surface area contributed by atoms with Crippen LogP contribution in [0.2, 0.25) is 0 Å². The first-order valence-corrected chi connectivity index (χ1v) is 11.1. The first kappa shape index (κ1) is 22.2. The number of fused-ring (bicyclic) bond motifs is 1. The molecule has 0 bridgehead atoms. The molecule has 1 aromatic rings. The van der Waals surface area contributed by atoms with Crippen LogP contribution >= 0.6 is 11.8 Å². The Morgan fingerprint density at radius 1 is 1.27 bits per heavy atom. The molecule has 1 fully saturated rings. The molecule has 0 N–H and O–H groups in total. The number of carbonyl (C=O) groups excluding carboxylic acids is 2. The zero-order valence-corrected chi connectivity index (χ0v) is 18.9. The summed E-state index contributed by atoms with van der Waals surface area (Å²) in [6.45, 7) is 8.31. The summed E-state index contributed by atoms with van der Waals surface area (Å²) in [4.78, 5) is 31.9. The molecular weight excluding hydrogens is 404 g/mol. The Hall–Kier alpha value is -2.48. The maximum Gasteiger partial charge on any atom is 0.338 e. The molecule has 162 valence electrons. The molecule has 0 saturated carbocycles. The van der Waals surface area contributed by atoms with Crippen molar-refractivity contribution in [3.8, 4) is 11.5 Å². The van der Waals surface area contributed by atoms with Crippen molar-refractivity contribution in [2.45, 2.75) is 51.8 Å². The van der Waals surface area contributed by atoms with Crippen LogP contribution in [0, 0.1) is 0 Å². The van der Waals surface area contributed by atoms with E-state index < -0.39 is 12.0 Å². The first-order chi connectivity index (χ1) is 14.4. The number of thioether (sulfide) groups is 1. The normalized spacial score (nSPS) is 20.8. The van der Waals surface area contributed by atoms with Crippen molar-refractivity contribution < 1.29 is 23.8 Å². The fraction of sp³-hybridized carbons (Fsp3) is 0.500. The largest absolute Gasteiger partial charge is 0.493 e. The Morgan fingerprint density at radius 2 is 2.03 bits per heavy atom. The van der Waals surface area contributed by atoms with Crippen LogP contribution < -0.4 is 9.47 Å². The van der Waals surface area contributed by atoms with Gasteiger partial charge in [0.25, 0.3) is 0 Å². The Bertz CT molecular complexity index is 896. The molecule has 2 heterocycles. The van der Waals surface area contributed by atoms with Gasteiger partial charge < -0.3 is 14.2 Å². The number of hydrogen-bond donors (Lipinski definition) is 0. The van der Waals surface area contributed by atoms with Gasteiger partial charge in [-0.15, -0.1) is 0 Å². The van der Waals surface area contributed by atoms with Gasteiger partial charge in [0.15, 0.2) is 16.7 Å². The second kappa shape index (κ2) is 9.55. The average Bonchev–Trinajstić information content (AvgIpc) is 3.00. The third-order valence-electron chi connectivity index (χ3n) is 5.01. The minimum absolute atomic E-state index is 0.0831. The van der Waals surface area contributed by atoms with E-state index in [-0.39, 0.29) is 17.8 Å². The van der Waals surface area contributed by atoms with Gasteiger partial charge in [-0.3, -0.25) is 9.69 Å². The molecule has 3 rings (SSSR count). The molecule has 30 heavy (non-hydrogen) atoms. The monoisotopic (exact) mass is 432 g/mol. The zero-order valence-electron chi connectivity index (χ0n) is 18.1. The second-order valence-electron chi connectivity index (χ2n) is 7.10. The van der Waals surface area contributed by atoms with E-state index in [0.29, 0.717) is 34.5 Å². The highest BCUT2D eigenvalue weighted by Crippen LogP contribution is 2.44. The molecule has 0 aromatic heterocycles. The highest BCUT2D eigenvalue weighted by atomic mass is 32.2. The summed E-state index contributed by atoms with van der Waals surface area (Å²) in [5.41, 5.74) is 1.67. The molecule has 7 nitrogen and oxygen atoms in total. The number of rotatable bonds is 8. The number of amides is 1. The lowest BCUT2D eigenvalue weighted by atomic mass is 9.94. The summed E-state index contributed by atoms with van der Waals surface area (Å²) in [5.74, 6) is 0.636. The molecule has 2 aliphatic heterocycles. The fourth-order valence-electron chi connectivity index (χ4n) is 3.49. The van der Waals surface area contributed by atoms with Crippen LogP contribution in [0.3, 0.4) is 0 Å². The number of nitrogens with zero attached hydrogens (tertiary/aromatic N) is 2. The second-order valence-corrected chi connectivity index (χ2v) is 8.41. The maximum absolute atomic E-state index is 12.9. The maximum atomic E-state index is 12.9. The minimum atomic E-state index is -0.625. The molecule has 2 aliphatic rings. The minimum Gasteiger partial charge on any atom is -0.493 e. The first-order valence-electron chi connectivity index (χ1n) is 10.2. The standard InChI is InChI=1S/C22H28N2O5S/c1-6-8-11-29-16-10-9-15(12-17(16)27-5)19-18(21(26)28-7-2)13(3)23-22-24(19)20(25)14(4)30-22/h9-10,12,14,19H,6-8,11H2,1-5H3. The van der Waals surface area contributed by atoms with Crippen molar-refractivity contribution in [1.82, 2.24) is 4.90 Å². The number of aliphatic imine (C=N–C) groups is 1. The van der Waals surface area contributed by atoms with Crippen LogP contribution in [0.25, 0.3) is 0 Å². The molecular formula is C22H28N2O5S. The molecule has 0 aliphatic carbocycles.